The first-order valence-corrected chi connectivity index (χ1v) is 8.00. The van der Waals surface area contributed by atoms with Crippen molar-refractivity contribution in [1.29, 1.82) is 0 Å². The van der Waals surface area contributed by atoms with Crippen LogP contribution in [0, 0.1) is 17.5 Å². The fraction of sp³-hybridized carbons (Fsp3) is 0.100. The van der Waals surface area contributed by atoms with Crippen molar-refractivity contribution in [3.8, 4) is 0 Å². The SMILES string of the molecule is O=C(COC(=O)Cc1ccc2ccccc2c1)Nc1ccc(F)c(F)c1F. The van der Waals surface area contributed by atoms with Gasteiger partial charge in [0.1, 0.15) is 0 Å². The molecule has 0 bridgehead atoms. The number of amides is 1. The van der Waals surface area contributed by atoms with Crippen molar-refractivity contribution in [2.24, 2.45) is 0 Å². The quantitative estimate of drug-likeness (QED) is 0.544. The molecule has 27 heavy (non-hydrogen) atoms. The van der Waals surface area contributed by atoms with Crippen LogP contribution >= 0.6 is 0 Å². The lowest BCUT2D eigenvalue weighted by Crippen LogP contribution is -2.22. The summed E-state index contributed by atoms with van der Waals surface area (Å²) in [6.45, 7) is -0.676. The molecule has 0 radical (unpaired) electrons. The summed E-state index contributed by atoms with van der Waals surface area (Å²) in [6.07, 6.45) is -0.0440. The standard InChI is InChI=1S/C20H14F3NO3/c21-15-7-8-16(20(23)19(15)22)24-17(25)11-27-18(26)10-12-5-6-13-3-1-2-4-14(13)9-12/h1-9H,10-11H2,(H,24,25). The molecule has 3 aromatic carbocycles. The molecular weight excluding hydrogens is 359 g/mol. The highest BCUT2D eigenvalue weighted by molar-refractivity contribution is 5.93. The molecule has 0 saturated heterocycles. The van der Waals surface area contributed by atoms with Crippen LogP contribution in [0.3, 0.4) is 0 Å². The average molecular weight is 373 g/mol. The molecule has 138 valence electrons. The summed E-state index contributed by atoms with van der Waals surface area (Å²) in [4.78, 5) is 23.6. The molecule has 0 aromatic heterocycles. The monoisotopic (exact) mass is 373 g/mol. The summed E-state index contributed by atoms with van der Waals surface area (Å²) in [6, 6.07) is 14.7. The van der Waals surface area contributed by atoms with Gasteiger partial charge in [0.2, 0.25) is 0 Å². The first kappa shape index (κ1) is 18.4. The van der Waals surface area contributed by atoms with Crippen LogP contribution in [-0.2, 0) is 20.7 Å². The minimum absolute atomic E-state index is 0.0440. The number of anilines is 1. The first-order valence-electron chi connectivity index (χ1n) is 8.00. The zero-order valence-corrected chi connectivity index (χ0v) is 14.0. The predicted octanol–water partition coefficient (Wildman–Crippen LogP) is 3.98. The molecule has 0 heterocycles. The number of esters is 1. The molecule has 3 rings (SSSR count). The van der Waals surface area contributed by atoms with E-state index in [9.17, 15) is 22.8 Å². The van der Waals surface area contributed by atoms with Crippen LogP contribution in [0.15, 0.2) is 54.6 Å². The van der Waals surface area contributed by atoms with E-state index in [4.69, 9.17) is 4.74 Å². The summed E-state index contributed by atoms with van der Waals surface area (Å²) in [5.41, 5.74) is 0.176. The largest absolute Gasteiger partial charge is 0.455 e. The number of carbonyl (C=O) groups excluding carboxylic acids is 2. The number of benzene rings is 3. The highest BCUT2D eigenvalue weighted by Crippen LogP contribution is 2.19. The van der Waals surface area contributed by atoms with Gasteiger partial charge in [-0.1, -0.05) is 42.5 Å². The second-order valence-electron chi connectivity index (χ2n) is 5.79. The van der Waals surface area contributed by atoms with E-state index in [-0.39, 0.29) is 6.42 Å². The molecule has 0 aliphatic heterocycles. The number of carbonyl (C=O) groups is 2. The van der Waals surface area contributed by atoms with Crippen molar-refractivity contribution in [3.63, 3.8) is 0 Å². The lowest BCUT2D eigenvalue weighted by molar-refractivity contribution is -0.146. The van der Waals surface area contributed by atoms with E-state index in [2.05, 4.69) is 0 Å². The zero-order chi connectivity index (χ0) is 19.4. The normalized spacial score (nSPS) is 10.6. The predicted molar refractivity (Wildman–Crippen MR) is 93.6 cm³/mol. The van der Waals surface area contributed by atoms with Crippen LogP contribution in [0.4, 0.5) is 18.9 Å². The minimum atomic E-state index is -1.69. The van der Waals surface area contributed by atoms with Crippen LogP contribution in [0.1, 0.15) is 5.56 Å². The van der Waals surface area contributed by atoms with Gasteiger partial charge >= 0.3 is 5.97 Å². The summed E-state index contributed by atoms with van der Waals surface area (Å²) in [7, 11) is 0. The molecule has 1 amide bonds. The molecule has 0 unspecified atom stereocenters. The third kappa shape index (κ3) is 4.44. The van der Waals surface area contributed by atoms with Crippen LogP contribution < -0.4 is 5.32 Å². The van der Waals surface area contributed by atoms with Crippen molar-refractivity contribution in [1.82, 2.24) is 0 Å². The molecule has 0 aliphatic rings. The number of rotatable bonds is 5. The molecule has 1 N–H and O–H groups in total. The Morgan fingerprint density at radius 3 is 2.41 bits per heavy atom. The second-order valence-corrected chi connectivity index (χ2v) is 5.79. The Kier molecular flexibility index (Phi) is 5.40. The number of halogens is 3. The van der Waals surface area contributed by atoms with Gasteiger partial charge in [0.15, 0.2) is 24.1 Å². The fourth-order valence-corrected chi connectivity index (χ4v) is 2.52. The number of hydrogen-bond acceptors (Lipinski definition) is 3. The average Bonchev–Trinajstić information content (AvgIpc) is 2.67. The molecule has 0 spiro atoms. The van der Waals surface area contributed by atoms with E-state index < -0.39 is 41.6 Å². The summed E-state index contributed by atoms with van der Waals surface area (Å²) >= 11 is 0. The van der Waals surface area contributed by atoms with Crippen molar-refractivity contribution in [2.45, 2.75) is 6.42 Å². The molecule has 0 saturated carbocycles. The van der Waals surface area contributed by atoms with Crippen LogP contribution in [0.5, 0.6) is 0 Å². The third-order valence-corrected chi connectivity index (χ3v) is 3.84. The molecule has 0 fully saturated rings. The molecule has 0 aliphatic carbocycles. The van der Waals surface area contributed by atoms with Gasteiger partial charge in [0.25, 0.3) is 5.91 Å². The Morgan fingerprint density at radius 1 is 0.889 bits per heavy atom. The molecule has 0 atom stereocenters. The number of ether oxygens (including phenoxy) is 1. The van der Waals surface area contributed by atoms with Gasteiger partial charge in [-0.25, -0.2) is 13.2 Å². The summed E-state index contributed by atoms with van der Waals surface area (Å²) in [5.74, 6) is -6.10. The molecule has 7 heteroatoms. The van der Waals surface area contributed by atoms with E-state index in [0.717, 1.165) is 16.8 Å². The van der Waals surface area contributed by atoms with Gasteiger partial charge in [0, 0.05) is 0 Å². The summed E-state index contributed by atoms with van der Waals surface area (Å²) < 4.78 is 44.3. The smallest absolute Gasteiger partial charge is 0.310 e. The number of hydrogen-bond donors (Lipinski definition) is 1. The van der Waals surface area contributed by atoms with Crippen molar-refractivity contribution >= 4 is 28.3 Å². The van der Waals surface area contributed by atoms with Crippen LogP contribution in [0.25, 0.3) is 10.8 Å². The highest BCUT2D eigenvalue weighted by atomic mass is 19.2. The maximum Gasteiger partial charge on any atom is 0.310 e. The Bertz CT molecular complexity index is 1020. The topological polar surface area (TPSA) is 55.4 Å². The fourth-order valence-electron chi connectivity index (χ4n) is 2.52. The lowest BCUT2D eigenvalue weighted by Gasteiger charge is -2.08. The lowest BCUT2D eigenvalue weighted by atomic mass is 10.1. The number of fused-ring (bicyclic) bond motifs is 1. The Balaban J connectivity index is 1.55. The Morgan fingerprint density at radius 2 is 1.63 bits per heavy atom. The van der Waals surface area contributed by atoms with Crippen LogP contribution in [0.2, 0.25) is 0 Å². The minimum Gasteiger partial charge on any atom is -0.455 e. The van der Waals surface area contributed by atoms with E-state index >= 15 is 0 Å². The summed E-state index contributed by atoms with van der Waals surface area (Å²) in [5, 5.41) is 4.02. The van der Waals surface area contributed by atoms with E-state index in [1.165, 1.54) is 0 Å². The van der Waals surface area contributed by atoms with Crippen molar-refractivity contribution < 1.29 is 27.5 Å². The Labute approximate surface area is 152 Å². The second kappa shape index (κ2) is 7.90. The van der Waals surface area contributed by atoms with E-state index in [1.807, 2.05) is 41.7 Å². The maximum absolute atomic E-state index is 13.5. The van der Waals surface area contributed by atoms with Gasteiger partial charge in [-0.2, -0.15) is 0 Å². The zero-order valence-electron chi connectivity index (χ0n) is 14.0. The third-order valence-electron chi connectivity index (χ3n) is 3.84. The number of nitrogens with one attached hydrogen (secondary N) is 1. The first-order chi connectivity index (χ1) is 12.9. The molecule has 3 aromatic rings. The Hall–Kier alpha value is -3.35. The van der Waals surface area contributed by atoms with Gasteiger partial charge in [0.05, 0.1) is 12.1 Å². The van der Waals surface area contributed by atoms with Crippen molar-refractivity contribution in [3.05, 3.63) is 77.6 Å². The van der Waals surface area contributed by atoms with Crippen LogP contribution in [-0.4, -0.2) is 18.5 Å². The maximum atomic E-state index is 13.5. The van der Waals surface area contributed by atoms with E-state index in [1.54, 1.807) is 6.07 Å². The van der Waals surface area contributed by atoms with Gasteiger partial charge < -0.3 is 10.1 Å². The molecule has 4 nitrogen and oxygen atoms in total. The van der Waals surface area contributed by atoms with Gasteiger partial charge in [-0.05, 0) is 28.5 Å². The highest BCUT2D eigenvalue weighted by Gasteiger charge is 2.16. The molecular formula is C20H14F3NO3. The van der Waals surface area contributed by atoms with E-state index in [0.29, 0.717) is 11.6 Å². The van der Waals surface area contributed by atoms with Crippen molar-refractivity contribution in [2.75, 3.05) is 11.9 Å². The van der Waals surface area contributed by atoms with Gasteiger partial charge in [-0.15, -0.1) is 0 Å². The van der Waals surface area contributed by atoms with Gasteiger partial charge in [-0.3, -0.25) is 9.59 Å².